The number of benzene rings is 1. The summed E-state index contributed by atoms with van der Waals surface area (Å²) in [6.07, 6.45) is 5.58. The van der Waals surface area contributed by atoms with Crippen LogP contribution in [0.3, 0.4) is 0 Å². The Hall–Kier alpha value is -0.940. The van der Waals surface area contributed by atoms with Gasteiger partial charge in [-0.15, -0.1) is 0 Å². The van der Waals surface area contributed by atoms with Gasteiger partial charge in [0, 0.05) is 6.04 Å². The predicted molar refractivity (Wildman–Crippen MR) is 84.9 cm³/mol. The van der Waals surface area contributed by atoms with E-state index in [0.717, 1.165) is 12.5 Å². The zero-order valence-corrected chi connectivity index (χ0v) is 13.8. The molecule has 1 aliphatic heterocycles. The van der Waals surface area contributed by atoms with Crippen LogP contribution in [0.1, 0.15) is 50.6 Å². The van der Waals surface area contributed by atoms with Crippen molar-refractivity contribution in [3.63, 3.8) is 0 Å². The Morgan fingerprint density at radius 3 is 2.86 bits per heavy atom. The fourth-order valence-electron chi connectivity index (χ4n) is 3.88. The average molecular weight is 325 g/mol. The maximum absolute atomic E-state index is 13.5. The second-order valence-electron chi connectivity index (χ2n) is 6.89. The standard InChI is InChI=1S/C17H24FNO2S/c1-12-3-2-4-13(9-12)11-19-16-7-8-22(20,21)17-6-5-14(18)10-15(16)17/h5-6,10,12-13,16,19H,2-4,7-9,11H2,1H3/t12-,13+,16+/m1/s1. The first-order valence-electron chi connectivity index (χ1n) is 8.21. The van der Waals surface area contributed by atoms with Gasteiger partial charge in [0.2, 0.25) is 0 Å². The number of fused-ring (bicyclic) bond motifs is 1. The number of hydrogen-bond donors (Lipinski definition) is 1. The van der Waals surface area contributed by atoms with Gasteiger partial charge in [0.25, 0.3) is 0 Å². The molecule has 22 heavy (non-hydrogen) atoms. The molecule has 3 atom stereocenters. The Bertz CT molecular complexity index is 644. The molecular formula is C17H24FNO2S. The van der Waals surface area contributed by atoms with E-state index in [9.17, 15) is 12.8 Å². The number of sulfone groups is 1. The van der Waals surface area contributed by atoms with Crippen molar-refractivity contribution in [3.05, 3.63) is 29.6 Å². The van der Waals surface area contributed by atoms with Gasteiger partial charge in [-0.25, -0.2) is 12.8 Å². The molecule has 122 valence electrons. The molecule has 5 heteroatoms. The van der Waals surface area contributed by atoms with Crippen LogP contribution in [0.4, 0.5) is 4.39 Å². The van der Waals surface area contributed by atoms with E-state index < -0.39 is 9.84 Å². The lowest BCUT2D eigenvalue weighted by Gasteiger charge is -2.31. The number of hydrogen-bond acceptors (Lipinski definition) is 3. The normalized spacial score (nSPS) is 30.7. The van der Waals surface area contributed by atoms with E-state index in [1.54, 1.807) is 0 Å². The van der Waals surface area contributed by atoms with Crippen molar-refractivity contribution < 1.29 is 12.8 Å². The highest BCUT2D eigenvalue weighted by Gasteiger charge is 2.31. The molecule has 1 aliphatic carbocycles. The molecule has 1 saturated carbocycles. The van der Waals surface area contributed by atoms with Gasteiger partial charge in [0.1, 0.15) is 5.82 Å². The quantitative estimate of drug-likeness (QED) is 0.866. The van der Waals surface area contributed by atoms with Crippen LogP contribution in [0, 0.1) is 17.7 Å². The highest BCUT2D eigenvalue weighted by Crippen LogP contribution is 2.34. The fourth-order valence-corrected chi connectivity index (χ4v) is 5.48. The third kappa shape index (κ3) is 3.35. The van der Waals surface area contributed by atoms with Crippen molar-refractivity contribution in [2.45, 2.75) is 50.0 Å². The van der Waals surface area contributed by atoms with E-state index in [4.69, 9.17) is 0 Å². The van der Waals surface area contributed by atoms with Gasteiger partial charge < -0.3 is 5.32 Å². The second-order valence-corrected chi connectivity index (χ2v) is 8.97. The molecule has 3 nitrogen and oxygen atoms in total. The lowest BCUT2D eigenvalue weighted by molar-refractivity contribution is 0.265. The molecule has 2 aliphatic rings. The monoisotopic (exact) mass is 325 g/mol. The molecule has 1 N–H and O–H groups in total. The maximum atomic E-state index is 13.5. The summed E-state index contributed by atoms with van der Waals surface area (Å²) in [6.45, 7) is 3.19. The van der Waals surface area contributed by atoms with Crippen molar-refractivity contribution in [2.24, 2.45) is 11.8 Å². The number of rotatable bonds is 3. The topological polar surface area (TPSA) is 46.2 Å². The van der Waals surface area contributed by atoms with Crippen molar-refractivity contribution in [1.29, 1.82) is 0 Å². The minimum absolute atomic E-state index is 0.0496. The third-order valence-corrected chi connectivity index (χ3v) is 6.87. The Kier molecular flexibility index (Phi) is 4.55. The molecule has 0 saturated heterocycles. The van der Waals surface area contributed by atoms with Crippen molar-refractivity contribution >= 4 is 9.84 Å². The van der Waals surface area contributed by atoms with Crippen LogP contribution >= 0.6 is 0 Å². The van der Waals surface area contributed by atoms with Gasteiger partial charge in [-0.2, -0.15) is 0 Å². The smallest absolute Gasteiger partial charge is 0.178 e. The summed E-state index contributed by atoms with van der Waals surface area (Å²) in [5.41, 5.74) is 0.607. The highest BCUT2D eigenvalue weighted by molar-refractivity contribution is 7.91. The molecule has 0 radical (unpaired) electrons. The molecule has 1 aromatic rings. The van der Waals surface area contributed by atoms with Gasteiger partial charge in [-0.05, 0) is 61.4 Å². The summed E-state index contributed by atoms with van der Waals surface area (Å²) in [4.78, 5) is 0.301. The molecule has 3 rings (SSSR count). The first-order chi connectivity index (χ1) is 10.5. The summed E-state index contributed by atoms with van der Waals surface area (Å²) < 4.78 is 37.8. The summed E-state index contributed by atoms with van der Waals surface area (Å²) in [5.74, 6) is 1.20. The minimum Gasteiger partial charge on any atom is -0.310 e. The zero-order chi connectivity index (χ0) is 15.7. The van der Waals surface area contributed by atoms with Crippen LogP contribution in [-0.4, -0.2) is 20.7 Å². The Morgan fingerprint density at radius 1 is 1.27 bits per heavy atom. The van der Waals surface area contributed by atoms with Crippen LogP contribution in [-0.2, 0) is 9.84 Å². The minimum atomic E-state index is -3.25. The predicted octanol–water partition coefficient (Wildman–Crippen LogP) is 3.46. The van der Waals surface area contributed by atoms with Crippen molar-refractivity contribution in [1.82, 2.24) is 5.32 Å². The largest absolute Gasteiger partial charge is 0.310 e. The number of nitrogens with one attached hydrogen (secondary N) is 1. The van der Waals surface area contributed by atoms with Crippen molar-refractivity contribution in [3.8, 4) is 0 Å². The van der Waals surface area contributed by atoms with Gasteiger partial charge in [0.05, 0.1) is 10.6 Å². The molecule has 0 bridgehead atoms. The van der Waals surface area contributed by atoms with Crippen LogP contribution in [0.2, 0.25) is 0 Å². The molecule has 1 heterocycles. The van der Waals surface area contributed by atoms with E-state index in [0.29, 0.717) is 22.8 Å². The zero-order valence-electron chi connectivity index (χ0n) is 13.0. The Labute approximate surface area is 132 Å². The molecule has 0 unspecified atom stereocenters. The van der Waals surface area contributed by atoms with Crippen LogP contribution in [0.5, 0.6) is 0 Å². The summed E-state index contributed by atoms with van der Waals surface area (Å²) in [6, 6.07) is 3.98. The number of halogens is 1. The van der Waals surface area contributed by atoms with Crippen molar-refractivity contribution in [2.75, 3.05) is 12.3 Å². The highest BCUT2D eigenvalue weighted by atomic mass is 32.2. The SMILES string of the molecule is C[C@@H]1CCC[C@H](CN[C@H]2CCS(=O)(=O)c3ccc(F)cc32)C1. The molecule has 1 aromatic carbocycles. The maximum Gasteiger partial charge on any atom is 0.178 e. The van der Waals surface area contributed by atoms with E-state index in [2.05, 4.69) is 12.2 Å². The van der Waals surface area contributed by atoms with Gasteiger partial charge >= 0.3 is 0 Å². The Morgan fingerprint density at radius 2 is 2.09 bits per heavy atom. The summed E-state index contributed by atoms with van der Waals surface area (Å²) >= 11 is 0. The first kappa shape index (κ1) is 15.9. The molecule has 0 amide bonds. The Balaban J connectivity index is 1.74. The molecule has 1 fully saturated rings. The first-order valence-corrected chi connectivity index (χ1v) is 9.86. The van der Waals surface area contributed by atoms with Gasteiger partial charge in [0.15, 0.2) is 9.84 Å². The van der Waals surface area contributed by atoms with Crippen LogP contribution in [0.25, 0.3) is 0 Å². The van der Waals surface area contributed by atoms with E-state index in [1.165, 1.54) is 43.9 Å². The third-order valence-electron chi connectivity index (χ3n) is 5.06. The van der Waals surface area contributed by atoms with Gasteiger partial charge in [-0.3, -0.25) is 0 Å². The van der Waals surface area contributed by atoms with E-state index in [-0.39, 0.29) is 17.6 Å². The average Bonchev–Trinajstić information content (AvgIpc) is 2.46. The van der Waals surface area contributed by atoms with Gasteiger partial charge in [-0.1, -0.05) is 19.8 Å². The molecule has 0 aromatic heterocycles. The molecular weight excluding hydrogens is 301 g/mol. The van der Waals surface area contributed by atoms with E-state index >= 15 is 0 Å². The molecule has 0 spiro atoms. The second kappa shape index (κ2) is 6.28. The lowest BCUT2D eigenvalue weighted by Crippen LogP contribution is -2.34. The summed E-state index contributed by atoms with van der Waals surface area (Å²) in [7, 11) is -3.25. The summed E-state index contributed by atoms with van der Waals surface area (Å²) in [5, 5.41) is 3.50. The lowest BCUT2D eigenvalue weighted by atomic mass is 9.82. The van der Waals surface area contributed by atoms with Crippen LogP contribution in [0.15, 0.2) is 23.1 Å². The van der Waals surface area contributed by atoms with E-state index in [1.807, 2.05) is 0 Å². The fraction of sp³-hybridized carbons (Fsp3) is 0.647. The van der Waals surface area contributed by atoms with Crippen LogP contribution < -0.4 is 5.32 Å².